The van der Waals surface area contributed by atoms with Crippen LogP contribution in [-0.4, -0.2) is 6.04 Å². The summed E-state index contributed by atoms with van der Waals surface area (Å²) in [5.41, 5.74) is 3.62. The molecule has 0 spiro atoms. The van der Waals surface area contributed by atoms with E-state index in [0.29, 0.717) is 6.04 Å². The molecule has 1 aliphatic carbocycles. The monoisotopic (exact) mass is 320 g/mol. The van der Waals surface area contributed by atoms with Crippen LogP contribution in [-0.2, 0) is 0 Å². The Morgan fingerprint density at radius 1 is 1.16 bits per heavy atom. The number of nitriles is 1. The summed E-state index contributed by atoms with van der Waals surface area (Å²) in [4.78, 5) is 0. The third-order valence-corrected chi connectivity index (χ3v) is 5.22. The molecule has 0 amide bonds. The number of halogens is 1. The van der Waals surface area contributed by atoms with Crippen LogP contribution in [0.15, 0.2) is 16.6 Å². The summed E-state index contributed by atoms with van der Waals surface area (Å²) in [7, 11) is 0. The van der Waals surface area contributed by atoms with Gasteiger partial charge in [-0.3, -0.25) is 0 Å². The molecule has 0 heterocycles. The summed E-state index contributed by atoms with van der Waals surface area (Å²) in [6.45, 7) is 4.22. The standard InChI is InChI=1S/C16H21BrN2/c1-11-8-14(9-12(2)16(11)17)19-15-7-5-3-4-6-13(15)10-18/h8-9,13,15,19H,3-7H2,1-2H3. The smallest absolute Gasteiger partial charge is 0.0677 e. The highest BCUT2D eigenvalue weighted by Crippen LogP contribution is 2.29. The second-order valence-electron chi connectivity index (χ2n) is 5.55. The van der Waals surface area contributed by atoms with Gasteiger partial charge >= 0.3 is 0 Å². The van der Waals surface area contributed by atoms with Gasteiger partial charge in [-0.1, -0.05) is 35.2 Å². The number of nitrogens with one attached hydrogen (secondary N) is 1. The van der Waals surface area contributed by atoms with Crippen LogP contribution < -0.4 is 5.32 Å². The Morgan fingerprint density at radius 2 is 1.79 bits per heavy atom. The fourth-order valence-corrected chi connectivity index (χ4v) is 3.11. The van der Waals surface area contributed by atoms with E-state index in [1.54, 1.807) is 0 Å². The van der Waals surface area contributed by atoms with Crippen LogP contribution in [0.5, 0.6) is 0 Å². The van der Waals surface area contributed by atoms with Crippen molar-refractivity contribution in [1.82, 2.24) is 0 Å². The average Bonchev–Trinajstić information content (AvgIpc) is 2.61. The molecular formula is C16H21BrN2. The first-order valence-electron chi connectivity index (χ1n) is 7.04. The largest absolute Gasteiger partial charge is 0.381 e. The van der Waals surface area contributed by atoms with E-state index in [0.717, 1.165) is 18.5 Å². The van der Waals surface area contributed by atoms with E-state index >= 15 is 0 Å². The number of hydrogen-bond donors (Lipinski definition) is 1. The molecule has 1 fully saturated rings. The van der Waals surface area contributed by atoms with E-state index < -0.39 is 0 Å². The second-order valence-corrected chi connectivity index (χ2v) is 6.34. The van der Waals surface area contributed by atoms with Crippen molar-refractivity contribution in [2.45, 2.75) is 52.0 Å². The molecule has 1 saturated carbocycles. The molecule has 0 aromatic heterocycles. The summed E-state index contributed by atoms with van der Waals surface area (Å²) in [5, 5.41) is 12.9. The van der Waals surface area contributed by atoms with Gasteiger partial charge in [0, 0.05) is 16.2 Å². The van der Waals surface area contributed by atoms with Gasteiger partial charge in [-0.05, 0) is 49.9 Å². The summed E-state index contributed by atoms with van der Waals surface area (Å²) in [6.07, 6.45) is 5.81. The van der Waals surface area contributed by atoms with Crippen LogP contribution in [0.4, 0.5) is 5.69 Å². The Hall–Kier alpha value is -1.01. The van der Waals surface area contributed by atoms with Gasteiger partial charge in [0.25, 0.3) is 0 Å². The number of aryl methyl sites for hydroxylation is 2. The van der Waals surface area contributed by atoms with Crippen molar-refractivity contribution in [3.8, 4) is 6.07 Å². The van der Waals surface area contributed by atoms with Crippen molar-refractivity contribution < 1.29 is 0 Å². The van der Waals surface area contributed by atoms with Gasteiger partial charge in [0.2, 0.25) is 0 Å². The minimum atomic E-state index is 0.145. The lowest BCUT2D eigenvalue weighted by atomic mass is 9.96. The topological polar surface area (TPSA) is 35.8 Å². The van der Waals surface area contributed by atoms with Gasteiger partial charge in [-0.15, -0.1) is 0 Å². The van der Waals surface area contributed by atoms with Crippen LogP contribution in [0.1, 0.15) is 43.2 Å². The Labute approximate surface area is 124 Å². The zero-order valence-corrected chi connectivity index (χ0v) is 13.3. The van der Waals surface area contributed by atoms with E-state index in [9.17, 15) is 5.26 Å². The molecule has 0 radical (unpaired) electrons. The van der Waals surface area contributed by atoms with Gasteiger partial charge < -0.3 is 5.32 Å². The van der Waals surface area contributed by atoms with Crippen molar-refractivity contribution >= 4 is 21.6 Å². The van der Waals surface area contributed by atoms with Crippen LogP contribution in [0.25, 0.3) is 0 Å². The molecule has 1 aromatic carbocycles. The molecule has 2 unspecified atom stereocenters. The maximum Gasteiger partial charge on any atom is 0.0677 e. The fourth-order valence-electron chi connectivity index (χ4n) is 2.88. The molecule has 2 rings (SSSR count). The zero-order valence-electron chi connectivity index (χ0n) is 11.7. The van der Waals surface area contributed by atoms with Crippen LogP contribution in [0.2, 0.25) is 0 Å². The van der Waals surface area contributed by atoms with E-state index in [1.165, 1.54) is 34.9 Å². The summed E-state index contributed by atoms with van der Waals surface area (Å²) >= 11 is 3.60. The fraction of sp³-hybridized carbons (Fsp3) is 0.562. The number of rotatable bonds is 2. The maximum absolute atomic E-state index is 9.32. The Bertz CT molecular complexity index is 467. The Kier molecular flexibility index (Phi) is 4.87. The summed E-state index contributed by atoms with van der Waals surface area (Å²) in [6, 6.07) is 7.11. The van der Waals surface area contributed by atoms with E-state index in [4.69, 9.17) is 0 Å². The maximum atomic E-state index is 9.32. The second kappa shape index (κ2) is 6.43. The van der Waals surface area contributed by atoms with E-state index in [-0.39, 0.29) is 5.92 Å². The normalized spacial score (nSPS) is 23.5. The lowest BCUT2D eigenvalue weighted by molar-refractivity contribution is 0.514. The molecule has 0 saturated heterocycles. The highest BCUT2D eigenvalue weighted by molar-refractivity contribution is 9.10. The molecule has 2 atom stereocenters. The SMILES string of the molecule is Cc1cc(NC2CCCCCC2C#N)cc(C)c1Br. The molecule has 19 heavy (non-hydrogen) atoms. The molecule has 102 valence electrons. The molecule has 3 heteroatoms. The third kappa shape index (κ3) is 3.51. The van der Waals surface area contributed by atoms with Gasteiger partial charge in [-0.25, -0.2) is 0 Å². The van der Waals surface area contributed by atoms with Crippen molar-refractivity contribution in [1.29, 1.82) is 5.26 Å². The highest BCUT2D eigenvalue weighted by atomic mass is 79.9. The molecular weight excluding hydrogens is 300 g/mol. The van der Waals surface area contributed by atoms with Crippen molar-refractivity contribution in [2.24, 2.45) is 5.92 Å². The lowest BCUT2D eigenvalue weighted by Gasteiger charge is -2.23. The van der Waals surface area contributed by atoms with Crippen molar-refractivity contribution in [3.05, 3.63) is 27.7 Å². The Morgan fingerprint density at radius 3 is 2.42 bits per heavy atom. The molecule has 2 nitrogen and oxygen atoms in total. The number of hydrogen-bond acceptors (Lipinski definition) is 2. The number of anilines is 1. The highest BCUT2D eigenvalue weighted by Gasteiger charge is 2.23. The van der Waals surface area contributed by atoms with Gasteiger partial charge in [0.15, 0.2) is 0 Å². The lowest BCUT2D eigenvalue weighted by Crippen LogP contribution is -2.27. The minimum absolute atomic E-state index is 0.145. The zero-order chi connectivity index (χ0) is 13.8. The first-order valence-corrected chi connectivity index (χ1v) is 7.84. The molecule has 1 aromatic rings. The third-order valence-electron chi connectivity index (χ3n) is 3.97. The van der Waals surface area contributed by atoms with Gasteiger partial charge in [-0.2, -0.15) is 5.26 Å². The predicted octanol–water partition coefficient (Wildman–Crippen LogP) is 4.95. The minimum Gasteiger partial charge on any atom is -0.381 e. The number of benzene rings is 1. The molecule has 1 N–H and O–H groups in total. The van der Waals surface area contributed by atoms with Crippen molar-refractivity contribution in [3.63, 3.8) is 0 Å². The molecule has 1 aliphatic rings. The van der Waals surface area contributed by atoms with Gasteiger partial charge in [0.05, 0.1) is 12.0 Å². The van der Waals surface area contributed by atoms with Crippen LogP contribution >= 0.6 is 15.9 Å². The van der Waals surface area contributed by atoms with E-state index in [1.807, 2.05) is 0 Å². The number of nitrogens with zero attached hydrogens (tertiary/aromatic N) is 1. The molecule has 0 bridgehead atoms. The van der Waals surface area contributed by atoms with E-state index in [2.05, 4.69) is 53.3 Å². The van der Waals surface area contributed by atoms with Crippen LogP contribution in [0.3, 0.4) is 0 Å². The van der Waals surface area contributed by atoms with Crippen LogP contribution in [0, 0.1) is 31.1 Å². The van der Waals surface area contributed by atoms with Gasteiger partial charge in [0.1, 0.15) is 0 Å². The molecule has 0 aliphatic heterocycles. The average molecular weight is 321 g/mol. The first-order chi connectivity index (χ1) is 9.11. The first kappa shape index (κ1) is 14.4. The quantitative estimate of drug-likeness (QED) is 0.782. The Balaban J connectivity index is 2.17. The predicted molar refractivity (Wildman–Crippen MR) is 83.2 cm³/mol. The summed E-state index contributed by atoms with van der Waals surface area (Å²) < 4.78 is 1.18. The summed E-state index contributed by atoms with van der Waals surface area (Å²) in [5.74, 6) is 0.145. The van der Waals surface area contributed by atoms with Crippen molar-refractivity contribution in [2.75, 3.05) is 5.32 Å².